The molecule has 4 rings (SSSR count). The van der Waals surface area contributed by atoms with E-state index in [1.165, 1.54) is 22.6 Å². The third kappa shape index (κ3) is 6.19. The van der Waals surface area contributed by atoms with E-state index in [0.29, 0.717) is 29.6 Å². The first-order valence-electron chi connectivity index (χ1n) is 13.1. The highest BCUT2D eigenvalue weighted by molar-refractivity contribution is 7.17. The first kappa shape index (κ1) is 25.2. The van der Waals surface area contributed by atoms with E-state index < -0.39 is 0 Å². The molecule has 2 amide bonds. The Kier molecular flexibility index (Phi) is 8.64. The quantitative estimate of drug-likeness (QED) is 0.562. The van der Waals surface area contributed by atoms with Crippen LogP contribution in [0.5, 0.6) is 0 Å². The number of ether oxygens (including phenoxy) is 1. The number of hydrogen-bond acceptors (Lipinski definition) is 6. The standard InChI is InChI=1S/C26H39N3O4S/c1-3-33-26(32)23-20-10-9-17(2)15-21(20)34-25(23)28-22(30)16-29-13-11-19(12-14-29)27-24(31)18-7-5-4-6-8-18/h17-19H,3-16H2,1-2H3,(H,27,31)(H,28,30). The zero-order valence-electron chi connectivity index (χ0n) is 20.6. The van der Waals surface area contributed by atoms with Gasteiger partial charge >= 0.3 is 5.97 Å². The topological polar surface area (TPSA) is 87.7 Å². The smallest absolute Gasteiger partial charge is 0.341 e. The molecule has 188 valence electrons. The summed E-state index contributed by atoms with van der Waals surface area (Å²) in [6, 6.07) is 0.204. The van der Waals surface area contributed by atoms with Gasteiger partial charge < -0.3 is 15.4 Å². The summed E-state index contributed by atoms with van der Waals surface area (Å²) in [5.41, 5.74) is 1.62. The Labute approximate surface area is 207 Å². The number of esters is 1. The molecule has 1 aromatic rings. The molecule has 2 aliphatic carbocycles. The Morgan fingerprint density at radius 1 is 1.06 bits per heavy atom. The minimum Gasteiger partial charge on any atom is -0.462 e. The lowest BCUT2D eigenvalue weighted by molar-refractivity contribution is -0.127. The number of anilines is 1. The first-order valence-corrected chi connectivity index (χ1v) is 13.9. The van der Waals surface area contributed by atoms with Crippen molar-refractivity contribution in [2.45, 2.75) is 84.1 Å². The minimum atomic E-state index is -0.334. The van der Waals surface area contributed by atoms with Gasteiger partial charge in [0.2, 0.25) is 11.8 Å². The molecule has 1 unspecified atom stereocenters. The fourth-order valence-electron chi connectivity index (χ4n) is 5.55. The van der Waals surface area contributed by atoms with Gasteiger partial charge in [-0.3, -0.25) is 14.5 Å². The molecule has 3 aliphatic rings. The maximum absolute atomic E-state index is 12.9. The number of piperidine rings is 1. The van der Waals surface area contributed by atoms with Crippen molar-refractivity contribution in [3.63, 3.8) is 0 Å². The molecule has 0 spiro atoms. The molecule has 8 heteroatoms. The number of nitrogens with one attached hydrogen (secondary N) is 2. The van der Waals surface area contributed by atoms with E-state index in [1.807, 2.05) is 0 Å². The zero-order valence-corrected chi connectivity index (χ0v) is 21.4. The van der Waals surface area contributed by atoms with Crippen LogP contribution in [0, 0.1) is 11.8 Å². The van der Waals surface area contributed by atoms with Crippen LogP contribution in [0.25, 0.3) is 0 Å². The van der Waals surface area contributed by atoms with Gasteiger partial charge in [-0.1, -0.05) is 26.2 Å². The molecule has 7 nitrogen and oxygen atoms in total. The third-order valence-electron chi connectivity index (χ3n) is 7.52. The summed E-state index contributed by atoms with van der Waals surface area (Å²) in [4.78, 5) is 41.4. The maximum Gasteiger partial charge on any atom is 0.341 e. The van der Waals surface area contributed by atoms with Crippen molar-refractivity contribution in [2.24, 2.45) is 11.8 Å². The van der Waals surface area contributed by atoms with Crippen molar-refractivity contribution < 1.29 is 19.1 Å². The lowest BCUT2D eigenvalue weighted by Crippen LogP contribution is -2.48. The molecule has 2 N–H and O–H groups in total. The van der Waals surface area contributed by atoms with E-state index in [1.54, 1.807) is 6.92 Å². The normalized spacial score (nSPS) is 22.1. The summed E-state index contributed by atoms with van der Waals surface area (Å²) < 4.78 is 5.31. The van der Waals surface area contributed by atoms with E-state index in [-0.39, 0.29) is 29.7 Å². The average Bonchev–Trinajstić information content (AvgIpc) is 3.17. The monoisotopic (exact) mass is 489 g/mol. The van der Waals surface area contributed by atoms with Crippen LogP contribution < -0.4 is 10.6 Å². The van der Waals surface area contributed by atoms with Crippen LogP contribution in [0.4, 0.5) is 5.00 Å². The summed E-state index contributed by atoms with van der Waals surface area (Å²) in [6.07, 6.45) is 10.2. The second kappa shape index (κ2) is 11.7. The molecule has 1 saturated carbocycles. The van der Waals surface area contributed by atoms with Gasteiger partial charge in [0.15, 0.2) is 0 Å². The van der Waals surface area contributed by atoms with Crippen molar-refractivity contribution in [2.75, 3.05) is 31.6 Å². The lowest BCUT2D eigenvalue weighted by Gasteiger charge is -2.33. The van der Waals surface area contributed by atoms with Gasteiger partial charge in [-0.25, -0.2) is 4.79 Å². The van der Waals surface area contributed by atoms with E-state index >= 15 is 0 Å². The van der Waals surface area contributed by atoms with E-state index in [4.69, 9.17) is 4.74 Å². The fraction of sp³-hybridized carbons (Fsp3) is 0.731. The van der Waals surface area contributed by atoms with Crippen LogP contribution in [-0.2, 0) is 27.2 Å². The Morgan fingerprint density at radius 2 is 1.79 bits per heavy atom. The number of fused-ring (bicyclic) bond motifs is 1. The van der Waals surface area contributed by atoms with Gasteiger partial charge in [0, 0.05) is 29.9 Å². The molecular weight excluding hydrogens is 450 g/mol. The number of likely N-dealkylation sites (tertiary alicyclic amines) is 1. The minimum absolute atomic E-state index is 0.0955. The molecular formula is C26H39N3O4S. The Morgan fingerprint density at radius 3 is 2.50 bits per heavy atom. The van der Waals surface area contributed by atoms with Crippen LogP contribution in [0.2, 0.25) is 0 Å². The summed E-state index contributed by atoms with van der Waals surface area (Å²) in [5.74, 6) is 0.565. The fourth-order valence-corrected chi connectivity index (χ4v) is 6.96. The SMILES string of the molecule is CCOC(=O)c1c(NC(=O)CN2CCC(NC(=O)C3CCCCC3)CC2)sc2c1CCC(C)C2. The molecule has 0 aromatic carbocycles. The maximum atomic E-state index is 12.9. The van der Waals surface area contributed by atoms with Crippen molar-refractivity contribution in [3.05, 3.63) is 16.0 Å². The summed E-state index contributed by atoms with van der Waals surface area (Å²) in [7, 11) is 0. The van der Waals surface area contributed by atoms with Crippen molar-refractivity contribution in [1.82, 2.24) is 10.2 Å². The molecule has 1 aromatic heterocycles. The van der Waals surface area contributed by atoms with E-state index in [9.17, 15) is 14.4 Å². The zero-order chi connectivity index (χ0) is 24.1. The summed E-state index contributed by atoms with van der Waals surface area (Å²) in [6.45, 7) is 6.22. The van der Waals surface area contributed by atoms with Crippen LogP contribution in [0.1, 0.15) is 86.0 Å². The molecule has 1 atom stereocenters. The number of thiophene rings is 1. The first-order chi connectivity index (χ1) is 16.4. The predicted molar refractivity (Wildman–Crippen MR) is 134 cm³/mol. The molecule has 0 bridgehead atoms. The van der Waals surface area contributed by atoms with Gasteiger partial charge in [-0.15, -0.1) is 11.3 Å². The number of amides is 2. The van der Waals surface area contributed by atoms with E-state index in [0.717, 1.165) is 76.4 Å². The second-order valence-corrected chi connectivity index (χ2v) is 11.3. The van der Waals surface area contributed by atoms with Crippen molar-refractivity contribution >= 4 is 34.1 Å². The molecule has 2 heterocycles. The van der Waals surface area contributed by atoms with Crippen molar-refractivity contribution in [3.8, 4) is 0 Å². The highest BCUT2D eigenvalue weighted by Gasteiger charge is 2.30. The van der Waals surface area contributed by atoms with Gasteiger partial charge in [0.25, 0.3) is 0 Å². The summed E-state index contributed by atoms with van der Waals surface area (Å²) >= 11 is 1.53. The largest absolute Gasteiger partial charge is 0.462 e. The van der Waals surface area contributed by atoms with Gasteiger partial charge in [0.1, 0.15) is 5.00 Å². The highest BCUT2D eigenvalue weighted by atomic mass is 32.1. The van der Waals surface area contributed by atoms with Gasteiger partial charge in [0.05, 0.1) is 18.7 Å². The molecule has 2 fully saturated rings. The highest BCUT2D eigenvalue weighted by Crippen LogP contribution is 2.40. The molecule has 34 heavy (non-hydrogen) atoms. The third-order valence-corrected chi connectivity index (χ3v) is 8.69. The molecule has 1 aliphatic heterocycles. The van der Waals surface area contributed by atoms with Crippen LogP contribution in [-0.4, -0.2) is 55.0 Å². The number of nitrogens with zero attached hydrogens (tertiary/aromatic N) is 1. The van der Waals surface area contributed by atoms with Gasteiger partial charge in [-0.05, 0) is 63.4 Å². The lowest BCUT2D eigenvalue weighted by atomic mass is 9.88. The molecule has 1 saturated heterocycles. The van der Waals surface area contributed by atoms with Gasteiger partial charge in [-0.2, -0.15) is 0 Å². The summed E-state index contributed by atoms with van der Waals surface area (Å²) in [5, 5.41) is 6.91. The Bertz CT molecular complexity index is 885. The number of carbonyl (C=O) groups excluding carboxylic acids is 3. The predicted octanol–water partition coefficient (Wildman–Crippen LogP) is 4.15. The molecule has 0 radical (unpaired) electrons. The second-order valence-electron chi connectivity index (χ2n) is 10.2. The van der Waals surface area contributed by atoms with Crippen LogP contribution >= 0.6 is 11.3 Å². The van der Waals surface area contributed by atoms with Crippen LogP contribution in [0.3, 0.4) is 0 Å². The Hall–Kier alpha value is -1.93. The Balaban J connectivity index is 1.29. The number of hydrogen-bond donors (Lipinski definition) is 2. The van der Waals surface area contributed by atoms with Crippen LogP contribution in [0.15, 0.2) is 0 Å². The van der Waals surface area contributed by atoms with Crippen molar-refractivity contribution in [1.29, 1.82) is 0 Å². The van der Waals surface area contributed by atoms with E-state index in [2.05, 4.69) is 22.5 Å². The average molecular weight is 490 g/mol. The number of rotatable bonds is 7. The number of carbonyl (C=O) groups is 3.